The molecule has 0 unspecified atom stereocenters. The van der Waals surface area contributed by atoms with E-state index in [4.69, 9.17) is 25.5 Å². The standard InChI is InChI=1S/C17H12ClNO6/c1-23-12-3-4-13-10(6-17(20)25-16(13)8-12)9-24-15-5-2-11(19(21)22)7-14(15)18/h2-8H,9H2,1H3. The van der Waals surface area contributed by atoms with E-state index in [0.717, 1.165) is 0 Å². The van der Waals surface area contributed by atoms with Crippen LogP contribution >= 0.6 is 11.6 Å². The molecular formula is C17H12ClNO6. The van der Waals surface area contributed by atoms with E-state index in [-0.39, 0.29) is 23.1 Å². The van der Waals surface area contributed by atoms with Gasteiger partial charge in [-0.3, -0.25) is 10.1 Å². The minimum Gasteiger partial charge on any atom is -0.497 e. The first-order chi connectivity index (χ1) is 12.0. The van der Waals surface area contributed by atoms with Gasteiger partial charge in [0.25, 0.3) is 5.69 Å². The summed E-state index contributed by atoms with van der Waals surface area (Å²) in [7, 11) is 1.52. The Morgan fingerprint density at radius 3 is 2.68 bits per heavy atom. The fourth-order valence-corrected chi connectivity index (χ4v) is 2.56. The molecule has 1 aromatic heterocycles. The third-order valence-electron chi connectivity index (χ3n) is 3.55. The highest BCUT2D eigenvalue weighted by molar-refractivity contribution is 6.32. The lowest BCUT2D eigenvalue weighted by atomic mass is 10.1. The molecule has 0 aliphatic rings. The molecule has 0 radical (unpaired) electrons. The molecule has 0 amide bonds. The van der Waals surface area contributed by atoms with Crippen LogP contribution in [0.15, 0.2) is 51.7 Å². The number of halogens is 1. The van der Waals surface area contributed by atoms with E-state index in [1.807, 2.05) is 0 Å². The van der Waals surface area contributed by atoms with Crippen LogP contribution < -0.4 is 15.1 Å². The number of fused-ring (bicyclic) bond motifs is 1. The Bertz CT molecular complexity index is 1010. The van der Waals surface area contributed by atoms with Gasteiger partial charge in [-0.15, -0.1) is 0 Å². The van der Waals surface area contributed by atoms with Crippen molar-refractivity contribution in [3.8, 4) is 11.5 Å². The average molecular weight is 362 g/mol. The van der Waals surface area contributed by atoms with E-state index < -0.39 is 10.5 Å². The van der Waals surface area contributed by atoms with Crippen LogP contribution in [-0.2, 0) is 6.61 Å². The zero-order valence-electron chi connectivity index (χ0n) is 13.0. The van der Waals surface area contributed by atoms with Crippen LogP contribution in [0.4, 0.5) is 5.69 Å². The monoisotopic (exact) mass is 361 g/mol. The number of nitro groups is 1. The van der Waals surface area contributed by atoms with Crippen LogP contribution in [0.2, 0.25) is 5.02 Å². The molecule has 0 saturated carbocycles. The molecular weight excluding hydrogens is 350 g/mol. The number of benzene rings is 2. The molecule has 0 aliphatic carbocycles. The molecule has 3 aromatic rings. The van der Waals surface area contributed by atoms with Crippen molar-refractivity contribution in [3.63, 3.8) is 0 Å². The first-order valence-corrected chi connectivity index (χ1v) is 7.53. The van der Waals surface area contributed by atoms with Crippen LogP contribution in [0.25, 0.3) is 11.0 Å². The number of hydrogen-bond acceptors (Lipinski definition) is 6. The van der Waals surface area contributed by atoms with Gasteiger partial charge in [-0.25, -0.2) is 4.79 Å². The van der Waals surface area contributed by atoms with E-state index in [0.29, 0.717) is 22.3 Å². The van der Waals surface area contributed by atoms with Gasteiger partial charge in [0.1, 0.15) is 23.7 Å². The molecule has 0 fully saturated rings. The second-order valence-corrected chi connectivity index (χ2v) is 5.52. The predicted octanol–water partition coefficient (Wildman–Crippen LogP) is 3.94. The lowest BCUT2D eigenvalue weighted by Gasteiger charge is -2.10. The van der Waals surface area contributed by atoms with Gasteiger partial charge >= 0.3 is 5.63 Å². The third kappa shape index (κ3) is 3.56. The highest BCUT2D eigenvalue weighted by atomic mass is 35.5. The Kier molecular flexibility index (Phi) is 4.58. The summed E-state index contributed by atoms with van der Waals surface area (Å²) in [4.78, 5) is 21.9. The largest absolute Gasteiger partial charge is 0.497 e. The summed E-state index contributed by atoms with van der Waals surface area (Å²) in [5, 5.41) is 11.5. The summed E-state index contributed by atoms with van der Waals surface area (Å²) >= 11 is 6.00. The second-order valence-electron chi connectivity index (χ2n) is 5.11. The van der Waals surface area contributed by atoms with Gasteiger partial charge in [-0.2, -0.15) is 0 Å². The maximum absolute atomic E-state index is 11.7. The molecule has 7 nitrogen and oxygen atoms in total. The molecule has 8 heteroatoms. The summed E-state index contributed by atoms with van der Waals surface area (Å²) in [6.45, 7) is 0.0476. The highest BCUT2D eigenvalue weighted by Crippen LogP contribution is 2.30. The maximum atomic E-state index is 11.7. The van der Waals surface area contributed by atoms with Gasteiger partial charge in [0.05, 0.1) is 17.1 Å². The smallest absolute Gasteiger partial charge is 0.336 e. The number of non-ortho nitro benzene ring substituents is 1. The number of methoxy groups -OCH3 is 1. The van der Waals surface area contributed by atoms with Crippen molar-refractivity contribution >= 4 is 28.3 Å². The number of hydrogen-bond donors (Lipinski definition) is 0. The SMILES string of the molecule is COc1ccc2c(COc3ccc([N+](=O)[O-])cc3Cl)cc(=O)oc2c1. The Labute approximate surface area is 146 Å². The van der Waals surface area contributed by atoms with Crippen molar-refractivity contribution in [1.82, 2.24) is 0 Å². The molecule has 0 bridgehead atoms. The average Bonchev–Trinajstić information content (AvgIpc) is 2.59. The highest BCUT2D eigenvalue weighted by Gasteiger charge is 2.12. The normalized spacial score (nSPS) is 10.6. The molecule has 3 rings (SSSR count). The van der Waals surface area contributed by atoms with Gasteiger partial charge in [-0.05, 0) is 18.2 Å². The van der Waals surface area contributed by atoms with E-state index in [1.54, 1.807) is 18.2 Å². The first-order valence-electron chi connectivity index (χ1n) is 7.15. The van der Waals surface area contributed by atoms with Crippen LogP contribution in [0.5, 0.6) is 11.5 Å². The second kappa shape index (κ2) is 6.82. The minimum absolute atomic E-state index is 0.0476. The first kappa shape index (κ1) is 16.8. The van der Waals surface area contributed by atoms with Crippen LogP contribution in [-0.4, -0.2) is 12.0 Å². The molecule has 25 heavy (non-hydrogen) atoms. The molecule has 0 saturated heterocycles. The van der Waals surface area contributed by atoms with Crippen LogP contribution in [0, 0.1) is 10.1 Å². The van der Waals surface area contributed by atoms with Crippen molar-refractivity contribution in [2.75, 3.05) is 7.11 Å². The Morgan fingerprint density at radius 2 is 2.00 bits per heavy atom. The molecule has 1 heterocycles. The summed E-state index contributed by atoms with van der Waals surface area (Å²) in [6.07, 6.45) is 0. The number of nitro benzene ring substituents is 1. The van der Waals surface area contributed by atoms with Gasteiger partial charge in [0.15, 0.2) is 0 Å². The quantitative estimate of drug-likeness (QED) is 0.388. The van der Waals surface area contributed by atoms with Crippen LogP contribution in [0.3, 0.4) is 0 Å². The minimum atomic E-state index is -0.543. The molecule has 128 valence electrons. The topological polar surface area (TPSA) is 91.8 Å². The van der Waals surface area contributed by atoms with Crippen molar-refractivity contribution in [1.29, 1.82) is 0 Å². The third-order valence-corrected chi connectivity index (χ3v) is 3.84. The lowest BCUT2D eigenvalue weighted by molar-refractivity contribution is -0.384. The maximum Gasteiger partial charge on any atom is 0.336 e. The van der Waals surface area contributed by atoms with Crippen molar-refractivity contribution in [2.45, 2.75) is 6.61 Å². The Hall–Kier alpha value is -3.06. The summed E-state index contributed by atoms with van der Waals surface area (Å²) in [6, 6.07) is 10.4. The van der Waals surface area contributed by atoms with Gasteiger partial charge < -0.3 is 13.9 Å². The zero-order valence-corrected chi connectivity index (χ0v) is 13.8. The summed E-state index contributed by atoms with van der Waals surface area (Å²) < 4.78 is 15.9. The molecule has 0 aliphatic heterocycles. The zero-order chi connectivity index (χ0) is 18.0. The van der Waals surface area contributed by atoms with Gasteiger partial charge in [0.2, 0.25) is 0 Å². The van der Waals surface area contributed by atoms with E-state index in [9.17, 15) is 14.9 Å². The fraction of sp³-hybridized carbons (Fsp3) is 0.118. The van der Waals surface area contributed by atoms with Crippen LogP contribution in [0.1, 0.15) is 5.56 Å². The molecule has 0 spiro atoms. The molecule has 0 atom stereocenters. The molecule has 2 aromatic carbocycles. The summed E-state index contributed by atoms with van der Waals surface area (Å²) in [5.74, 6) is 0.842. The lowest BCUT2D eigenvalue weighted by Crippen LogP contribution is -2.04. The van der Waals surface area contributed by atoms with Crippen molar-refractivity contribution < 1.29 is 18.8 Å². The molecule has 0 N–H and O–H groups in total. The van der Waals surface area contributed by atoms with Crippen molar-refractivity contribution in [3.05, 3.63) is 73.6 Å². The number of ether oxygens (including phenoxy) is 2. The van der Waals surface area contributed by atoms with Crippen molar-refractivity contribution in [2.24, 2.45) is 0 Å². The number of rotatable bonds is 5. The Balaban J connectivity index is 1.91. The predicted molar refractivity (Wildman–Crippen MR) is 91.5 cm³/mol. The van der Waals surface area contributed by atoms with Gasteiger partial charge in [0, 0.05) is 35.2 Å². The van der Waals surface area contributed by atoms with Gasteiger partial charge in [-0.1, -0.05) is 11.6 Å². The van der Waals surface area contributed by atoms with E-state index in [1.165, 1.54) is 31.4 Å². The fourth-order valence-electron chi connectivity index (χ4n) is 2.33. The van der Waals surface area contributed by atoms with E-state index >= 15 is 0 Å². The number of nitrogens with zero attached hydrogens (tertiary/aromatic N) is 1. The van der Waals surface area contributed by atoms with E-state index in [2.05, 4.69) is 0 Å². The Morgan fingerprint density at radius 1 is 1.20 bits per heavy atom. The summed E-state index contributed by atoms with van der Waals surface area (Å²) in [5.41, 5.74) is 0.327.